The molecule has 2 atom stereocenters. The quantitative estimate of drug-likeness (QED) is 0.784. The van der Waals surface area contributed by atoms with Crippen LogP contribution in [0.1, 0.15) is 38.5 Å². The smallest absolute Gasteiger partial charge is 0.0707 e. The highest BCUT2D eigenvalue weighted by Gasteiger charge is 2.38. The summed E-state index contributed by atoms with van der Waals surface area (Å²) in [5.41, 5.74) is 6.42. The molecule has 2 N–H and O–H groups in total. The molecule has 3 rings (SSSR count). The Bertz CT molecular complexity index is 235. The number of fused-ring (bicyclic) bond motifs is 2. The van der Waals surface area contributed by atoms with E-state index < -0.39 is 0 Å². The molecule has 0 amide bonds. The van der Waals surface area contributed by atoms with Gasteiger partial charge in [-0.1, -0.05) is 6.42 Å². The summed E-state index contributed by atoms with van der Waals surface area (Å²) < 4.78 is 5.86. The first-order chi connectivity index (χ1) is 7.80. The van der Waals surface area contributed by atoms with Crippen LogP contribution in [0.15, 0.2) is 0 Å². The van der Waals surface area contributed by atoms with Crippen molar-refractivity contribution < 1.29 is 4.74 Å². The Hall–Kier alpha value is -0.120. The van der Waals surface area contributed by atoms with Crippen LogP contribution in [0.3, 0.4) is 0 Å². The first kappa shape index (κ1) is 11.0. The third kappa shape index (κ3) is 2.01. The second kappa shape index (κ2) is 4.28. The molecule has 2 saturated heterocycles. The first-order valence-electron chi connectivity index (χ1n) is 6.88. The van der Waals surface area contributed by atoms with E-state index in [2.05, 4.69) is 4.90 Å². The largest absolute Gasteiger partial charge is 0.372 e. The van der Waals surface area contributed by atoms with E-state index in [0.717, 1.165) is 19.6 Å². The Morgan fingerprint density at radius 3 is 2.38 bits per heavy atom. The molecule has 16 heavy (non-hydrogen) atoms. The van der Waals surface area contributed by atoms with Gasteiger partial charge in [0.2, 0.25) is 0 Å². The zero-order valence-electron chi connectivity index (χ0n) is 10.2. The molecular weight excluding hydrogens is 200 g/mol. The van der Waals surface area contributed by atoms with Crippen molar-refractivity contribution in [2.75, 3.05) is 26.2 Å². The predicted octanol–water partition coefficient (Wildman–Crippen LogP) is 1.37. The third-order valence-corrected chi connectivity index (χ3v) is 4.92. The van der Waals surface area contributed by atoms with Gasteiger partial charge in [0, 0.05) is 13.1 Å². The van der Waals surface area contributed by atoms with Crippen molar-refractivity contribution >= 4 is 0 Å². The van der Waals surface area contributed by atoms with Crippen molar-refractivity contribution in [3.05, 3.63) is 0 Å². The average molecular weight is 224 g/mol. The van der Waals surface area contributed by atoms with Crippen molar-refractivity contribution in [3.8, 4) is 0 Å². The monoisotopic (exact) mass is 224 g/mol. The first-order valence-corrected chi connectivity index (χ1v) is 6.88. The van der Waals surface area contributed by atoms with Gasteiger partial charge in [0.05, 0.1) is 12.2 Å². The molecule has 2 aliphatic heterocycles. The number of nitrogens with two attached hydrogens (primary N) is 1. The van der Waals surface area contributed by atoms with Crippen molar-refractivity contribution in [3.63, 3.8) is 0 Å². The van der Waals surface area contributed by atoms with Gasteiger partial charge < -0.3 is 10.5 Å². The maximum atomic E-state index is 5.91. The lowest BCUT2D eigenvalue weighted by atomic mass is 9.66. The van der Waals surface area contributed by atoms with E-state index in [1.54, 1.807) is 0 Å². The van der Waals surface area contributed by atoms with Gasteiger partial charge in [0.1, 0.15) is 0 Å². The molecule has 0 aromatic rings. The molecule has 0 aromatic heterocycles. The fourth-order valence-corrected chi connectivity index (χ4v) is 3.51. The molecular formula is C13H24N2O. The highest BCUT2D eigenvalue weighted by Crippen LogP contribution is 2.43. The molecule has 2 heterocycles. The van der Waals surface area contributed by atoms with Gasteiger partial charge in [-0.15, -0.1) is 0 Å². The molecule has 0 radical (unpaired) electrons. The average Bonchev–Trinajstić information content (AvgIpc) is 2.57. The standard InChI is InChI=1S/C13H24N2O/c14-10-13(4-1-5-13)6-7-15-8-11-2-3-12(9-15)16-11/h11-12H,1-10,14H2. The van der Waals surface area contributed by atoms with Gasteiger partial charge in [-0.2, -0.15) is 0 Å². The summed E-state index contributed by atoms with van der Waals surface area (Å²) in [6.45, 7) is 4.46. The van der Waals surface area contributed by atoms with Crippen LogP contribution in [0.25, 0.3) is 0 Å². The van der Waals surface area contributed by atoms with Crippen LogP contribution in [-0.2, 0) is 4.74 Å². The Morgan fingerprint density at radius 1 is 1.19 bits per heavy atom. The molecule has 3 heteroatoms. The van der Waals surface area contributed by atoms with Crippen LogP contribution >= 0.6 is 0 Å². The fraction of sp³-hybridized carbons (Fsp3) is 1.00. The SMILES string of the molecule is NCC1(CCN2CC3CCC(C2)O3)CCC1. The van der Waals surface area contributed by atoms with Gasteiger partial charge in [-0.25, -0.2) is 0 Å². The molecule has 0 aromatic carbocycles. The topological polar surface area (TPSA) is 38.5 Å². The van der Waals surface area contributed by atoms with Gasteiger partial charge in [-0.3, -0.25) is 4.90 Å². The van der Waals surface area contributed by atoms with Crippen molar-refractivity contribution in [2.45, 2.75) is 50.7 Å². The highest BCUT2D eigenvalue weighted by atomic mass is 16.5. The number of nitrogens with zero attached hydrogens (tertiary/aromatic N) is 1. The third-order valence-electron chi connectivity index (χ3n) is 4.92. The summed E-state index contributed by atoms with van der Waals surface area (Å²) >= 11 is 0. The van der Waals surface area contributed by atoms with Gasteiger partial charge in [-0.05, 0) is 50.6 Å². The van der Waals surface area contributed by atoms with Gasteiger partial charge >= 0.3 is 0 Å². The van der Waals surface area contributed by atoms with Crippen molar-refractivity contribution in [1.29, 1.82) is 0 Å². The summed E-state index contributed by atoms with van der Waals surface area (Å²) in [5.74, 6) is 0. The minimum Gasteiger partial charge on any atom is -0.372 e. The van der Waals surface area contributed by atoms with E-state index in [4.69, 9.17) is 10.5 Å². The molecule has 0 spiro atoms. The number of likely N-dealkylation sites (tertiary alicyclic amines) is 1. The van der Waals surface area contributed by atoms with E-state index in [9.17, 15) is 0 Å². The number of hydrogen-bond donors (Lipinski definition) is 1. The van der Waals surface area contributed by atoms with Gasteiger partial charge in [0.15, 0.2) is 0 Å². The maximum Gasteiger partial charge on any atom is 0.0707 e. The lowest BCUT2D eigenvalue weighted by Crippen LogP contribution is -2.46. The lowest BCUT2D eigenvalue weighted by Gasteiger charge is -2.43. The van der Waals surface area contributed by atoms with Gasteiger partial charge in [0.25, 0.3) is 0 Å². The Kier molecular flexibility index (Phi) is 2.94. The Labute approximate surface area is 98.3 Å². The molecule has 1 aliphatic carbocycles. The molecule has 1 saturated carbocycles. The number of ether oxygens (including phenoxy) is 1. The number of rotatable bonds is 4. The maximum absolute atomic E-state index is 5.91. The normalized spacial score (nSPS) is 37.3. The zero-order chi connectivity index (χ0) is 11.0. The molecule has 3 fully saturated rings. The van der Waals surface area contributed by atoms with Crippen LogP contribution < -0.4 is 5.73 Å². The predicted molar refractivity (Wildman–Crippen MR) is 64.3 cm³/mol. The minimum absolute atomic E-state index is 0.511. The second-order valence-electron chi connectivity index (χ2n) is 6.02. The van der Waals surface area contributed by atoms with E-state index in [1.807, 2.05) is 0 Å². The van der Waals surface area contributed by atoms with E-state index in [-0.39, 0.29) is 0 Å². The van der Waals surface area contributed by atoms with Crippen LogP contribution in [0, 0.1) is 5.41 Å². The summed E-state index contributed by atoms with van der Waals surface area (Å²) in [7, 11) is 0. The Morgan fingerprint density at radius 2 is 1.88 bits per heavy atom. The molecule has 92 valence electrons. The summed E-state index contributed by atoms with van der Waals surface area (Å²) in [6, 6.07) is 0. The molecule has 2 bridgehead atoms. The summed E-state index contributed by atoms with van der Waals surface area (Å²) in [5, 5.41) is 0. The van der Waals surface area contributed by atoms with Crippen LogP contribution in [0.5, 0.6) is 0 Å². The van der Waals surface area contributed by atoms with E-state index in [0.29, 0.717) is 17.6 Å². The van der Waals surface area contributed by atoms with Crippen LogP contribution in [0.2, 0.25) is 0 Å². The fourth-order valence-electron chi connectivity index (χ4n) is 3.51. The zero-order valence-corrected chi connectivity index (χ0v) is 10.2. The minimum atomic E-state index is 0.511. The number of hydrogen-bond acceptors (Lipinski definition) is 3. The molecule has 2 unspecified atom stereocenters. The van der Waals surface area contributed by atoms with E-state index in [1.165, 1.54) is 45.1 Å². The van der Waals surface area contributed by atoms with Crippen LogP contribution in [-0.4, -0.2) is 43.3 Å². The highest BCUT2D eigenvalue weighted by molar-refractivity contribution is 4.91. The summed E-state index contributed by atoms with van der Waals surface area (Å²) in [6.07, 6.45) is 9.06. The number of morpholine rings is 1. The van der Waals surface area contributed by atoms with E-state index >= 15 is 0 Å². The van der Waals surface area contributed by atoms with Crippen LogP contribution in [0.4, 0.5) is 0 Å². The van der Waals surface area contributed by atoms with Crippen molar-refractivity contribution in [2.24, 2.45) is 11.1 Å². The van der Waals surface area contributed by atoms with Crippen molar-refractivity contribution in [1.82, 2.24) is 4.90 Å². The molecule has 3 aliphatic rings. The lowest BCUT2D eigenvalue weighted by molar-refractivity contribution is -0.0439. The molecule has 3 nitrogen and oxygen atoms in total. The second-order valence-corrected chi connectivity index (χ2v) is 6.02. The Balaban J connectivity index is 1.48. The summed E-state index contributed by atoms with van der Waals surface area (Å²) in [4.78, 5) is 2.61.